The molecule has 1 N–H and O–H groups in total. The van der Waals surface area contributed by atoms with Crippen molar-refractivity contribution in [3.05, 3.63) is 5.01 Å². The van der Waals surface area contributed by atoms with Crippen LogP contribution in [0, 0.1) is 0 Å². The maximum absolute atomic E-state index is 10.8. The van der Waals surface area contributed by atoms with Crippen molar-refractivity contribution < 1.29 is 4.79 Å². The summed E-state index contributed by atoms with van der Waals surface area (Å²) in [7, 11) is 0. The van der Waals surface area contributed by atoms with E-state index in [0.29, 0.717) is 5.13 Å². The van der Waals surface area contributed by atoms with Crippen molar-refractivity contribution in [2.24, 2.45) is 0 Å². The predicted octanol–water partition coefficient (Wildman–Crippen LogP) is 1.09. The number of hydrogen-bond donors (Lipinski definition) is 1. The van der Waals surface area contributed by atoms with Gasteiger partial charge < -0.3 is 5.32 Å². The second-order valence-electron chi connectivity index (χ2n) is 3.67. The molecule has 0 atom stereocenters. The van der Waals surface area contributed by atoms with Crippen molar-refractivity contribution in [2.45, 2.75) is 26.3 Å². The summed E-state index contributed by atoms with van der Waals surface area (Å²) in [6.45, 7) is 4.63. The number of nitrogens with zero attached hydrogens (tertiary/aromatic N) is 3. The zero-order valence-corrected chi connectivity index (χ0v) is 9.51. The van der Waals surface area contributed by atoms with Crippen LogP contribution in [0.15, 0.2) is 0 Å². The number of rotatable bonds is 3. The Hall–Kier alpha value is -1.01. The Morgan fingerprint density at radius 2 is 2.20 bits per heavy atom. The van der Waals surface area contributed by atoms with E-state index < -0.39 is 0 Å². The van der Waals surface area contributed by atoms with Crippen LogP contribution >= 0.6 is 11.3 Å². The van der Waals surface area contributed by atoms with Crippen LogP contribution in [-0.2, 0) is 11.3 Å². The number of carbonyl (C=O) groups excluding carboxylic acids is 1. The highest BCUT2D eigenvalue weighted by Crippen LogP contribution is 2.18. The monoisotopic (exact) mass is 226 g/mol. The van der Waals surface area contributed by atoms with Crippen molar-refractivity contribution in [3.8, 4) is 0 Å². The lowest BCUT2D eigenvalue weighted by atomic mass is 10.4. The molecule has 1 fully saturated rings. The summed E-state index contributed by atoms with van der Waals surface area (Å²) in [5.41, 5.74) is 0. The number of carbonyl (C=O) groups is 1. The molecule has 5 nitrogen and oxygen atoms in total. The van der Waals surface area contributed by atoms with E-state index in [9.17, 15) is 4.79 Å². The lowest BCUT2D eigenvalue weighted by molar-refractivity contribution is -0.114. The fourth-order valence-corrected chi connectivity index (χ4v) is 2.48. The molecule has 0 unspecified atom stereocenters. The highest BCUT2D eigenvalue weighted by molar-refractivity contribution is 7.15. The van der Waals surface area contributed by atoms with Gasteiger partial charge in [-0.25, -0.2) is 0 Å². The normalized spacial score (nSPS) is 16.9. The van der Waals surface area contributed by atoms with Gasteiger partial charge in [0.15, 0.2) is 0 Å². The standard InChI is InChI=1S/C9H14N4OS/c1-7(14)10-9-12-11-8(15-9)6-13-4-2-3-5-13/h2-6H2,1H3,(H,10,12,14). The SMILES string of the molecule is CC(=O)Nc1nnc(CN2CCCC2)s1. The molecule has 15 heavy (non-hydrogen) atoms. The predicted molar refractivity (Wildman–Crippen MR) is 58.7 cm³/mol. The fourth-order valence-electron chi connectivity index (χ4n) is 1.65. The molecule has 2 rings (SSSR count). The third-order valence-electron chi connectivity index (χ3n) is 2.31. The Balaban J connectivity index is 1.91. The molecule has 1 saturated heterocycles. The molecule has 2 heterocycles. The molecule has 1 amide bonds. The molecule has 1 aliphatic heterocycles. The Labute approximate surface area is 92.5 Å². The Kier molecular flexibility index (Phi) is 3.27. The van der Waals surface area contributed by atoms with Gasteiger partial charge in [-0.3, -0.25) is 9.69 Å². The summed E-state index contributed by atoms with van der Waals surface area (Å²) in [6, 6.07) is 0. The van der Waals surface area contributed by atoms with Crippen molar-refractivity contribution in [2.75, 3.05) is 18.4 Å². The summed E-state index contributed by atoms with van der Waals surface area (Å²) in [6.07, 6.45) is 2.55. The molecule has 0 radical (unpaired) electrons. The Morgan fingerprint density at radius 1 is 1.47 bits per heavy atom. The molecule has 0 aromatic carbocycles. The summed E-state index contributed by atoms with van der Waals surface area (Å²) in [5.74, 6) is -0.0983. The second-order valence-corrected chi connectivity index (χ2v) is 4.73. The number of nitrogens with one attached hydrogen (secondary N) is 1. The van der Waals surface area contributed by atoms with Gasteiger partial charge in [-0.1, -0.05) is 11.3 Å². The topological polar surface area (TPSA) is 58.1 Å². The summed E-state index contributed by atoms with van der Waals surface area (Å²) >= 11 is 1.45. The van der Waals surface area contributed by atoms with Crippen LogP contribution in [0.4, 0.5) is 5.13 Å². The first-order chi connectivity index (χ1) is 7.24. The molecule has 1 aromatic heterocycles. The molecule has 0 bridgehead atoms. The van der Waals surface area contributed by atoms with Crippen LogP contribution in [0.1, 0.15) is 24.8 Å². The number of anilines is 1. The number of likely N-dealkylation sites (tertiary alicyclic amines) is 1. The van der Waals surface area contributed by atoms with E-state index in [-0.39, 0.29) is 5.91 Å². The molecule has 1 aromatic rings. The van der Waals surface area contributed by atoms with Gasteiger partial charge in [0.05, 0.1) is 6.54 Å². The first-order valence-electron chi connectivity index (χ1n) is 5.06. The maximum atomic E-state index is 10.8. The Morgan fingerprint density at radius 3 is 2.87 bits per heavy atom. The van der Waals surface area contributed by atoms with E-state index in [0.717, 1.165) is 24.6 Å². The second kappa shape index (κ2) is 4.67. The van der Waals surface area contributed by atoms with E-state index in [4.69, 9.17) is 0 Å². The van der Waals surface area contributed by atoms with E-state index in [2.05, 4.69) is 20.4 Å². The van der Waals surface area contributed by atoms with E-state index >= 15 is 0 Å². The minimum Gasteiger partial charge on any atom is -0.301 e. The summed E-state index contributed by atoms with van der Waals surface area (Å²) < 4.78 is 0. The van der Waals surface area contributed by atoms with Crippen LogP contribution < -0.4 is 5.32 Å². The molecule has 0 saturated carbocycles. The third-order valence-corrected chi connectivity index (χ3v) is 3.13. The molecule has 6 heteroatoms. The molecule has 0 spiro atoms. The van der Waals surface area contributed by atoms with Crippen LogP contribution in [0.3, 0.4) is 0 Å². The van der Waals surface area contributed by atoms with Gasteiger partial charge in [0.2, 0.25) is 11.0 Å². The van der Waals surface area contributed by atoms with Gasteiger partial charge in [-0.15, -0.1) is 10.2 Å². The van der Waals surface area contributed by atoms with Gasteiger partial charge in [0.25, 0.3) is 0 Å². The minimum absolute atomic E-state index is 0.0983. The number of amides is 1. The summed E-state index contributed by atoms with van der Waals surface area (Å²) in [4.78, 5) is 13.1. The number of aromatic nitrogens is 2. The Bertz CT molecular complexity index is 346. The van der Waals surface area contributed by atoms with Gasteiger partial charge in [-0.2, -0.15) is 0 Å². The van der Waals surface area contributed by atoms with Crippen LogP contribution in [-0.4, -0.2) is 34.1 Å². The molecule has 1 aliphatic rings. The van der Waals surface area contributed by atoms with E-state index in [1.165, 1.54) is 31.1 Å². The zero-order chi connectivity index (χ0) is 10.7. The van der Waals surface area contributed by atoms with E-state index in [1.807, 2.05) is 0 Å². The maximum Gasteiger partial charge on any atom is 0.223 e. The smallest absolute Gasteiger partial charge is 0.223 e. The van der Waals surface area contributed by atoms with Crippen molar-refractivity contribution in [1.29, 1.82) is 0 Å². The highest BCUT2D eigenvalue weighted by Gasteiger charge is 2.14. The van der Waals surface area contributed by atoms with Crippen molar-refractivity contribution >= 4 is 22.4 Å². The van der Waals surface area contributed by atoms with Crippen LogP contribution in [0.5, 0.6) is 0 Å². The average molecular weight is 226 g/mol. The molecule has 0 aliphatic carbocycles. The van der Waals surface area contributed by atoms with Crippen molar-refractivity contribution in [3.63, 3.8) is 0 Å². The average Bonchev–Trinajstić information content (AvgIpc) is 2.77. The first kappa shape index (κ1) is 10.5. The van der Waals surface area contributed by atoms with Gasteiger partial charge in [-0.05, 0) is 25.9 Å². The molecular formula is C9H14N4OS. The minimum atomic E-state index is -0.0983. The fraction of sp³-hybridized carbons (Fsp3) is 0.667. The largest absolute Gasteiger partial charge is 0.301 e. The van der Waals surface area contributed by atoms with Gasteiger partial charge >= 0.3 is 0 Å². The zero-order valence-electron chi connectivity index (χ0n) is 8.69. The molecular weight excluding hydrogens is 212 g/mol. The first-order valence-corrected chi connectivity index (χ1v) is 5.88. The van der Waals surface area contributed by atoms with E-state index in [1.54, 1.807) is 0 Å². The van der Waals surface area contributed by atoms with Crippen LogP contribution in [0.2, 0.25) is 0 Å². The highest BCUT2D eigenvalue weighted by atomic mass is 32.1. The van der Waals surface area contributed by atoms with Gasteiger partial charge in [0, 0.05) is 6.92 Å². The van der Waals surface area contributed by atoms with Gasteiger partial charge in [0.1, 0.15) is 5.01 Å². The number of hydrogen-bond acceptors (Lipinski definition) is 5. The quantitative estimate of drug-likeness (QED) is 0.838. The summed E-state index contributed by atoms with van der Waals surface area (Å²) in [5, 5.41) is 12.2. The lowest BCUT2D eigenvalue weighted by Crippen LogP contribution is -2.18. The lowest BCUT2D eigenvalue weighted by Gasteiger charge is -2.10. The molecule has 82 valence electrons. The van der Waals surface area contributed by atoms with Crippen molar-refractivity contribution in [1.82, 2.24) is 15.1 Å². The third kappa shape index (κ3) is 2.97. The van der Waals surface area contributed by atoms with Crippen LogP contribution in [0.25, 0.3) is 0 Å².